The summed E-state index contributed by atoms with van der Waals surface area (Å²) in [5.41, 5.74) is 0.944. The number of para-hydroxylation sites is 1. The van der Waals surface area contributed by atoms with Gasteiger partial charge in [0.05, 0.1) is 18.6 Å². The molecule has 3 aromatic rings. The molecule has 0 bridgehead atoms. The zero-order valence-electron chi connectivity index (χ0n) is 12.2. The molecular weight excluding hydrogens is 268 g/mol. The van der Waals surface area contributed by atoms with Gasteiger partial charge in [-0.15, -0.1) is 0 Å². The fourth-order valence-electron chi connectivity index (χ4n) is 2.39. The predicted octanol–water partition coefficient (Wildman–Crippen LogP) is 3.74. The molecule has 0 aliphatic rings. The van der Waals surface area contributed by atoms with Crippen LogP contribution in [0.5, 0.6) is 11.5 Å². The zero-order chi connectivity index (χ0) is 15.0. The van der Waals surface area contributed by atoms with Gasteiger partial charge in [0.1, 0.15) is 16.6 Å². The second kappa shape index (κ2) is 5.13. The lowest BCUT2D eigenvalue weighted by molar-refractivity contribution is 0.231. The van der Waals surface area contributed by atoms with E-state index in [4.69, 9.17) is 13.9 Å². The summed E-state index contributed by atoms with van der Waals surface area (Å²) in [6, 6.07) is 10.7. The van der Waals surface area contributed by atoms with Gasteiger partial charge in [-0.25, -0.2) is 0 Å². The third kappa shape index (κ3) is 2.23. The van der Waals surface area contributed by atoms with Gasteiger partial charge in [-0.1, -0.05) is 12.1 Å². The Morgan fingerprint density at radius 1 is 1.05 bits per heavy atom. The van der Waals surface area contributed by atoms with Crippen molar-refractivity contribution in [3.63, 3.8) is 0 Å². The summed E-state index contributed by atoms with van der Waals surface area (Å²) < 4.78 is 16.9. The molecule has 0 N–H and O–H groups in total. The Hall–Kier alpha value is -2.49. The number of benzene rings is 2. The van der Waals surface area contributed by atoms with Crippen LogP contribution in [0.25, 0.3) is 21.9 Å². The Labute approximate surface area is 121 Å². The zero-order valence-corrected chi connectivity index (χ0v) is 12.2. The van der Waals surface area contributed by atoms with E-state index in [1.165, 1.54) is 7.11 Å². The SMILES string of the molecule is COc1c(OC(C)C)ccc2oc3ccccc3c(=O)c12. The molecule has 0 radical (unpaired) electrons. The minimum Gasteiger partial charge on any atom is -0.492 e. The van der Waals surface area contributed by atoms with Crippen molar-refractivity contribution in [2.45, 2.75) is 20.0 Å². The number of hydrogen-bond donors (Lipinski definition) is 0. The molecule has 4 heteroatoms. The maximum Gasteiger partial charge on any atom is 0.204 e. The van der Waals surface area contributed by atoms with Crippen LogP contribution in [-0.4, -0.2) is 13.2 Å². The van der Waals surface area contributed by atoms with E-state index in [0.29, 0.717) is 33.4 Å². The predicted molar refractivity (Wildman–Crippen MR) is 82.3 cm³/mol. The van der Waals surface area contributed by atoms with Crippen LogP contribution in [0.3, 0.4) is 0 Å². The molecule has 0 saturated carbocycles. The first-order valence-electron chi connectivity index (χ1n) is 6.81. The Bertz CT molecular complexity index is 862. The van der Waals surface area contributed by atoms with Crippen LogP contribution in [0, 0.1) is 0 Å². The van der Waals surface area contributed by atoms with Crippen LogP contribution in [0.15, 0.2) is 45.6 Å². The number of fused-ring (bicyclic) bond motifs is 2. The normalized spacial score (nSPS) is 11.2. The molecule has 0 unspecified atom stereocenters. The average Bonchev–Trinajstić information content (AvgIpc) is 2.47. The van der Waals surface area contributed by atoms with Crippen molar-refractivity contribution in [3.05, 3.63) is 46.6 Å². The van der Waals surface area contributed by atoms with Crippen LogP contribution in [-0.2, 0) is 0 Å². The van der Waals surface area contributed by atoms with Crippen LogP contribution in [0.4, 0.5) is 0 Å². The van der Waals surface area contributed by atoms with Gasteiger partial charge in [0.2, 0.25) is 5.43 Å². The van der Waals surface area contributed by atoms with Crippen LogP contribution >= 0.6 is 0 Å². The number of methoxy groups -OCH3 is 1. The fourth-order valence-corrected chi connectivity index (χ4v) is 2.39. The Balaban J connectivity index is 2.41. The Morgan fingerprint density at radius 2 is 1.81 bits per heavy atom. The lowest BCUT2D eigenvalue weighted by atomic mass is 10.1. The van der Waals surface area contributed by atoms with E-state index in [9.17, 15) is 4.79 Å². The van der Waals surface area contributed by atoms with Gasteiger partial charge >= 0.3 is 0 Å². The quantitative estimate of drug-likeness (QED) is 0.687. The van der Waals surface area contributed by atoms with Gasteiger partial charge in [0, 0.05) is 0 Å². The third-order valence-electron chi connectivity index (χ3n) is 3.23. The van der Waals surface area contributed by atoms with Crippen molar-refractivity contribution in [1.29, 1.82) is 0 Å². The molecule has 4 nitrogen and oxygen atoms in total. The number of rotatable bonds is 3. The van der Waals surface area contributed by atoms with Crippen molar-refractivity contribution in [3.8, 4) is 11.5 Å². The van der Waals surface area contributed by atoms with Gasteiger partial charge in [0.25, 0.3) is 0 Å². The topological polar surface area (TPSA) is 48.7 Å². The van der Waals surface area contributed by atoms with E-state index in [2.05, 4.69) is 0 Å². The van der Waals surface area contributed by atoms with E-state index >= 15 is 0 Å². The fraction of sp³-hybridized carbons (Fsp3) is 0.235. The minimum atomic E-state index is -0.113. The molecule has 0 aliphatic carbocycles. The molecule has 21 heavy (non-hydrogen) atoms. The molecule has 1 aromatic heterocycles. The Kier molecular flexibility index (Phi) is 3.29. The second-order valence-electron chi connectivity index (χ2n) is 5.06. The summed E-state index contributed by atoms with van der Waals surface area (Å²) in [7, 11) is 1.52. The molecule has 0 amide bonds. The highest BCUT2D eigenvalue weighted by Crippen LogP contribution is 2.35. The van der Waals surface area contributed by atoms with E-state index < -0.39 is 0 Å². The highest BCUT2D eigenvalue weighted by atomic mass is 16.5. The summed E-state index contributed by atoms with van der Waals surface area (Å²) in [5, 5.41) is 0.944. The van der Waals surface area contributed by atoms with E-state index in [0.717, 1.165) is 0 Å². The first kappa shape index (κ1) is 13.5. The lowest BCUT2D eigenvalue weighted by Crippen LogP contribution is -2.09. The molecular formula is C17H16O4. The third-order valence-corrected chi connectivity index (χ3v) is 3.23. The van der Waals surface area contributed by atoms with Gasteiger partial charge in [-0.05, 0) is 38.1 Å². The lowest BCUT2D eigenvalue weighted by Gasteiger charge is -2.14. The van der Waals surface area contributed by atoms with Crippen molar-refractivity contribution in [1.82, 2.24) is 0 Å². The molecule has 0 spiro atoms. The molecule has 0 atom stereocenters. The van der Waals surface area contributed by atoms with Crippen LogP contribution in [0.2, 0.25) is 0 Å². The second-order valence-corrected chi connectivity index (χ2v) is 5.06. The standard InChI is InChI=1S/C17H16O4/c1-10(2)20-14-9-8-13-15(17(14)19-3)16(18)11-6-4-5-7-12(11)21-13/h4-10H,1-3H3. The molecule has 1 heterocycles. The van der Waals surface area contributed by atoms with Crippen LogP contribution < -0.4 is 14.9 Å². The molecule has 3 rings (SSSR count). The molecule has 0 saturated heterocycles. The summed E-state index contributed by atoms with van der Waals surface area (Å²) in [6.45, 7) is 3.85. The van der Waals surface area contributed by atoms with Gasteiger partial charge in [0.15, 0.2) is 11.5 Å². The van der Waals surface area contributed by atoms with Gasteiger partial charge in [-0.2, -0.15) is 0 Å². The summed E-state index contributed by atoms with van der Waals surface area (Å²) >= 11 is 0. The van der Waals surface area contributed by atoms with Crippen molar-refractivity contribution in [2.24, 2.45) is 0 Å². The van der Waals surface area contributed by atoms with Crippen molar-refractivity contribution in [2.75, 3.05) is 7.11 Å². The first-order chi connectivity index (χ1) is 10.1. The largest absolute Gasteiger partial charge is 0.492 e. The minimum absolute atomic E-state index is 0.0103. The van der Waals surface area contributed by atoms with E-state index in [-0.39, 0.29) is 11.5 Å². The molecule has 0 aliphatic heterocycles. The highest BCUT2D eigenvalue weighted by molar-refractivity contribution is 5.94. The van der Waals surface area contributed by atoms with Gasteiger partial charge in [-0.3, -0.25) is 4.79 Å². The Morgan fingerprint density at radius 3 is 2.52 bits per heavy atom. The first-order valence-corrected chi connectivity index (χ1v) is 6.81. The van der Waals surface area contributed by atoms with Crippen molar-refractivity contribution < 1.29 is 13.9 Å². The van der Waals surface area contributed by atoms with Crippen LogP contribution in [0.1, 0.15) is 13.8 Å². The maximum atomic E-state index is 12.7. The van der Waals surface area contributed by atoms with Crippen molar-refractivity contribution >= 4 is 21.9 Å². The van der Waals surface area contributed by atoms with Gasteiger partial charge < -0.3 is 13.9 Å². The maximum absolute atomic E-state index is 12.7. The summed E-state index contributed by atoms with van der Waals surface area (Å²) in [6.07, 6.45) is -0.0103. The van der Waals surface area contributed by atoms with E-state index in [1.54, 1.807) is 24.3 Å². The average molecular weight is 284 g/mol. The highest BCUT2D eigenvalue weighted by Gasteiger charge is 2.17. The summed E-state index contributed by atoms with van der Waals surface area (Å²) in [4.78, 5) is 12.7. The molecule has 0 fully saturated rings. The number of ether oxygens (including phenoxy) is 2. The molecule has 108 valence electrons. The number of hydrogen-bond acceptors (Lipinski definition) is 4. The monoisotopic (exact) mass is 284 g/mol. The van der Waals surface area contributed by atoms with E-state index in [1.807, 2.05) is 26.0 Å². The summed E-state index contributed by atoms with van der Waals surface area (Å²) in [5.74, 6) is 0.961. The molecule has 2 aromatic carbocycles. The smallest absolute Gasteiger partial charge is 0.204 e.